The molecule has 26 heavy (non-hydrogen) atoms. The number of nitrogens with zero attached hydrogens (tertiary/aromatic N) is 1. The van der Waals surface area contributed by atoms with Crippen LogP contribution in [0.5, 0.6) is 11.5 Å². The molecule has 0 saturated heterocycles. The first kappa shape index (κ1) is 17.5. The molecule has 0 aliphatic carbocycles. The number of nitrogens with one attached hydrogen (secondary N) is 2. The molecule has 2 N–H and O–H groups in total. The van der Waals surface area contributed by atoms with Crippen molar-refractivity contribution in [3.8, 4) is 22.8 Å². The van der Waals surface area contributed by atoms with Crippen LogP contribution in [-0.2, 0) is 0 Å². The lowest BCUT2D eigenvalue weighted by Gasteiger charge is -2.11. The SMILES string of the molecule is COc1ccc(-c2n[nH]c(C)c2NC(=O)c2ccccc2F)cc1OC. The van der Waals surface area contributed by atoms with Crippen LogP contribution >= 0.6 is 0 Å². The van der Waals surface area contributed by atoms with Gasteiger partial charge in [-0.3, -0.25) is 9.89 Å². The standard InChI is InChI=1S/C19H18FN3O3/c1-11-17(21-19(24)13-6-4-5-7-14(13)20)18(23-22-11)12-8-9-15(25-2)16(10-12)26-3/h4-10H,1-3H3,(H,21,24)(H,22,23). The van der Waals surface area contributed by atoms with E-state index in [1.165, 1.54) is 25.3 Å². The Morgan fingerprint density at radius 1 is 1.12 bits per heavy atom. The molecule has 1 heterocycles. The van der Waals surface area contributed by atoms with Crippen molar-refractivity contribution in [1.82, 2.24) is 10.2 Å². The molecule has 2 aromatic carbocycles. The van der Waals surface area contributed by atoms with E-state index in [2.05, 4.69) is 15.5 Å². The number of ether oxygens (including phenoxy) is 2. The molecule has 0 unspecified atom stereocenters. The summed E-state index contributed by atoms with van der Waals surface area (Å²) in [6.07, 6.45) is 0. The van der Waals surface area contributed by atoms with Gasteiger partial charge in [-0.05, 0) is 37.3 Å². The van der Waals surface area contributed by atoms with E-state index in [9.17, 15) is 9.18 Å². The van der Waals surface area contributed by atoms with Crippen LogP contribution in [0, 0.1) is 12.7 Å². The average Bonchev–Trinajstić information content (AvgIpc) is 3.02. The maximum Gasteiger partial charge on any atom is 0.258 e. The summed E-state index contributed by atoms with van der Waals surface area (Å²) in [5, 5.41) is 9.83. The maximum atomic E-state index is 13.9. The zero-order valence-electron chi connectivity index (χ0n) is 14.6. The highest BCUT2D eigenvalue weighted by molar-refractivity contribution is 6.06. The largest absolute Gasteiger partial charge is 0.493 e. The fourth-order valence-electron chi connectivity index (χ4n) is 2.60. The highest BCUT2D eigenvalue weighted by Crippen LogP contribution is 2.35. The summed E-state index contributed by atoms with van der Waals surface area (Å²) in [4.78, 5) is 12.5. The smallest absolute Gasteiger partial charge is 0.258 e. The lowest BCUT2D eigenvalue weighted by atomic mass is 10.1. The van der Waals surface area contributed by atoms with E-state index in [-0.39, 0.29) is 5.56 Å². The van der Waals surface area contributed by atoms with Crippen LogP contribution in [0.25, 0.3) is 11.3 Å². The van der Waals surface area contributed by atoms with Crippen molar-refractivity contribution < 1.29 is 18.7 Å². The number of methoxy groups -OCH3 is 2. The van der Waals surface area contributed by atoms with E-state index < -0.39 is 11.7 Å². The molecule has 0 saturated carbocycles. The number of aromatic nitrogens is 2. The third kappa shape index (κ3) is 3.23. The van der Waals surface area contributed by atoms with Crippen molar-refractivity contribution in [2.45, 2.75) is 6.92 Å². The Balaban J connectivity index is 1.97. The predicted octanol–water partition coefficient (Wildman–Crippen LogP) is 3.79. The Hall–Kier alpha value is -3.35. The second-order valence-corrected chi connectivity index (χ2v) is 5.58. The Morgan fingerprint density at radius 2 is 1.85 bits per heavy atom. The van der Waals surface area contributed by atoms with Crippen molar-refractivity contribution in [2.75, 3.05) is 19.5 Å². The zero-order valence-corrected chi connectivity index (χ0v) is 14.6. The van der Waals surface area contributed by atoms with E-state index in [0.717, 1.165) is 5.56 Å². The number of H-pyrrole nitrogens is 1. The van der Waals surface area contributed by atoms with Crippen LogP contribution in [0.15, 0.2) is 42.5 Å². The minimum absolute atomic E-state index is 0.0358. The van der Waals surface area contributed by atoms with E-state index in [0.29, 0.717) is 28.6 Å². The summed E-state index contributed by atoms with van der Waals surface area (Å²) >= 11 is 0. The maximum absolute atomic E-state index is 13.9. The average molecular weight is 355 g/mol. The van der Waals surface area contributed by atoms with Gasteiger partial charge in [0.15, 0.2) is 11.5 Å². The van der Waals surface area contributed by atoms with Gasteiger partial charge in [-0.15, -0.1) is 0 Å². The van der Waals surface area contributed by atoms with Crippen LogP contribution < -0.4 is 14.8 Å². The third-order valence-corrected chi connectivity index (χ3v) is 3.96. The second kappa shape index (κ2) is 7.26. The number of carbonyl (C=O) groups excluding carboxylic acids is 1. The molecule has 1 aromatic heterocycles. The number of rotatable bonds is 5. The van der Waals surface area contributed by atoms with Gasteiger partial charge < -0.3 is 14.8 Å². The highest BCUT2D eigenvalue weighted by Gasteiger charge is 2.19. The number of amides is 1. The highest BCUT2D eigenvalue weighted by atomic mass is 19.1. The number of anilines is 1. The molecule has 134 valence electrons. The molecule has 0 radical (unpaired) electrons. The summed E-state index contributed by atoms with van der Waals surface area (Å²) in [5.41, 5.74) is 2.33. The number of aryl methyl sites for hydroxylation is 1. The third-order valence-electron chi connectivity index (χ3n) is 3.96. The molecule has 0 spiro atoms. The lowest BCUT2D eigenvalue weighted by Crippen LogP contribution is -2.14. The van der Waals surface area contributed by atoms with Crippen molar-refractivity contribution >= 4 is 11.6 Å². The number of hydrogen-bond acceptors (Lipinski definition) is 4. The normalized spacial score (nSPS) is 10.5. The van der Waals surface area contributed by atoms with Gasteiger partial charge in [0.05, 0.1) is 31.2 Å². The van der Waals surface area contributed by atoms with Gasteiger partial charge in [0.2, 0.25) is 0 Å². The van der Waals surface area contributed by atoms with Crippen molar-refractivity contribution in [1.29, 1.82) is 0 Å². The van der Waals surface area contributed by atoms with E-state index in [1.807, 2.05) is 0 Å². The first-order valence-electron chi connectivity index (χ1n) is 7.88. The number of halogens is 1. The molecule has 0 fully saturated rings. The monoisotopic (exact) mass is 355 g/mol. The summed E-state index contributed by atoms with van der Waals surface area (Å²) in [6.45, 7) is 1.77. The van der Waals surface area contributed by atoms with Crippen LogP contribution in [0.3, 0.4) is 0 Å². The molecule has 0 bridgehead atoms. The Kier molecular flexibility index (Phi) is 4.88. The van der Waals surface area contributed by atoms with Crippen molar-refractivity contribution in [2.24, 2.45) is 0 Å². The fraction of sp³-hybridized carbons (Fsp3) is 0.158. The van der Waals surface area contributed by atoms with Crippen LogP contribution in [0.2, 0.25) is 0 Å². The minimum Gasteiger partial charge on any atom is -0.493 e. The number of hydrogen-bond donors (Lipinski definition) is 2. The number of aromatic amines is 1. The molecule has 3 rings (SSSR count). The van der Waals surface area contributed by atoms with Gasteiger partial charge in [-0.1, -0.05) is 12.1 Å². The molecular weight excluding hydrogens is 337 g/mol. The fourth-order valence-corrected chi connectivity index (χ4v) is 2.60. The van der Waals surface area contributed by atoms with Gasteiger partial charge in [-0.2, -0.15) is 5.10 Å². The van der Waals surface area contributed by atoms with E-state index in [4.69, 9.17) is 9.47 Å². The molecule has 0 aliphatic heterocycles. The van der Waals surface area contributed by atoms with Gasteiger partial charge >= 0.3 is 0 Å². The van der Waals surface area contributed by atoms with E-state index in [1.54, 1.807) is 38.3 Å². The van der Waals surface area contributed by atoms with Crippen LogP contribution in [0.1, 0.15) is 16.1 Å². The molecular formula is C19H18FN3O3. The van der Waals surface area contributed by atoms with Gasteiger partial charge in [-0.25, -0.2) is 4.39 Å². The first-order chi connectivity index (χ1) is 12.5. The van der Waals surface area contributed by atoms with Gasteiger partial charge in [0.1, 0.15) is 11.5 Å². The van der Waals surface area contributed by atoms with Crippen LogP contribution in [0.4, 0.5) is 10.1 Å². The van der Waals surface area contributed by atoms with Gasteiger partial charge in [0, 0.05) is 5.56 Å². The zero-order chi connectivity index (χ0) is 18.7. The quantitative estimate of drug-likeness (QED) is 0.730. The number of carbonyl (C=O) groups is 1. The first-order valence-corrected chi connectivity index (χ1v) is 7.88. The number of benzene rings is 2. The second-order valence-electron chi connectivity index (χ2n) is 5.58. The van der Waals surface area contributed by atoms with Gasteiger partial charge in [0.25, 0.3) is 5.91 Å². The topological polar surface area (TPSA) is 76.2 Å². The molecule has 3 aromatic rings. The minimum atomic E-state index is -0.584. The summed E-state index contributed by atoms with van der Waals surface area (Å²) < 4.78 is 24.4. The van der Waals surface area contributed by atoms with Crippen molar-refractivity contribution in [3.63, 3.8) is 0 Å². The predicted molar refractivity (Wildman–Crippen MR) is 96.2 cm³/mol. The molecule has 0 atom stereocenters. The Morgan fingerprint density at radius 3 is 2.54 bits per heavy atom. The Labute approximate surface area is 150 Å². The Bertz CT molecular complexity index is 953. The summed E-state index contributed by atoms with van der Waals surface area (Å²) in [5.74, 6) is -0.00868. The van der Waals surface area contributed by atoms with E-state index >= 15 is 0 Å². The molecule has 0 aliphatic rings. The van der Waals surface area contributed by atoms with Crippen molar-refractivity contribution in [3.05, 3.63) is 59.5 Å². The summed E-state index contributed by atoms with van der Waals surface area (Å²) in [6, 6.07) is 11.1. The molecule has 7 heteroatoms. The molecule has 1 amide bonds. The summed E-state index contributed by atoms with van der Waals surface area (Å²) in [7, 11) is 3.09. The molecule has 6 nitrogen and oxygen atoms in total. The van der Waals surface area contributed by atoms with Crippen LogP contribution in [-0.4, -0.2) is 30.3 Å². The lowest BCUT2D eigenvalue weighted by molar-refractivity contribution is 0.102.